The molecule has 1 aliphatic carbocycles. The Morgan fingerprint density at radius 1 is 1.06 bits per heavy atom. The van der Waals surface area contributed by atoms with Crippen molar-refractivity contribution in [3.63, 3.8) is 0 Å². The Morgan fingerprint density at radius 2 is 1.81 bits per heavy atom. The molecule has 4 rings (SSSR count). The summed E-state index contributed by atoms with van der Waals surface area (Å²) >= 11 is 0. The number of hydrogen-bond donors (Lipinski definition) is 2. The van der Waals surface area contributed by atoms with Gasteiger partial charge in [0, 0.05) is 17.5 Å². The summed E-state index contributed by atoms with van der Waals surface area (Å²) in [6.07, 6.45) is -2.38. The zero-order valence-corrected chi connectivity index (χ0v) is 16.6. The minimum atomic E-state index is -4.38. The van der Waals surface area contributed by atoms with Gasteiger partial charge in [0.25, 0.3) is 0 Å². The van der Waals surface area contributed by atoms with E-state index in [0.717, 1.165) is 12.1 Å². The van der Waals surface area contributed by atoms with Crippen LogP contribution in [-0.4, -0.2) is 16.8 Å². The van der Waals surface area contributed by atoms with Gasteiger partial charge in [0.2, 0.25) is 17.7 Å². The monoisotopic (exact) mass is 441 g/mol. The van der Waals surface area contributed by atoms with Crippen molar-refractivity contribution in [2.75, 3.05) is 5.32 Å². The predicted molar refractivity (Wildman–Crippen MR) is 110 cm³/mol. The number of alkyl halides is 3. The average molecular weight is 441 g/mol. The number of nitrogens with zero attached hydrogens (tertiary/aromatic N) is 1. The fourth-order valence-corrected chi connectivity index (χ4v) is 3.36. The topological polar surface area (TPSA) is 94.3 Å². The van der Waals surface area contributed by atoms with E-state index in [2.05, 4.69) is 10.3 Å². The second-order valence-corrected chi connectivity index (χ2v) is 7.44. The maximum atomic E-state index is 12.7. The Morgan fingerprint density at radius 3 is 2.44 bits per heavy atom. The summed E-state index contributed by atoms with van der Waals surface area (Å²) in [6, 6.07) is 14.4. The van der Waals surface area contributed by atoms with E-state index in [0.29, 0.717) is 29.0 Å². The Bertz CT molecular complexity index is 1150. The van der Waals surface area contributed by atoms with Crippen molar-refractivity contribution in [3.8, 4) is 11.6 Å². The molecule has 1 heterocycles. The predicted octanol–water partition coefficient (Wildman–Crippen LogP) is 4.73. The largest absolute Gasteiger partial charge is 0.439 e. The second kappa shape index (κ2) is 8.33. The lowest BCUT2D eigenvalue weighted by Crippen LogP contribution is -2.14. The van der Waals surface area contributed by atoms with Crippen LogP contribution < -0.4 is 15.8 Å². The summed E-state index contributed by atoms with van der Waals surface area (Å²) in [5.41, 5.74) is 6.01. The fraction of sp³-hybridized carbons (Fsp3) is 0.174. The molecule has 2 unspecified atom stereocenters. The number of pyridine rings is 1. The van der Waals surface area contributed by atoms with Crippen LogP contribution in [0.15, 0.2) is 66.9 Å². The molecule has 0 bridgehead atoms. The maximum absolute atomic E-state index is 12.7. The summed E-state index contributed by atoms with van der Waals surface area (Å²) in [7, 11) is 0. The highest BCUT2D eigenvalue weighted by Gasteiger charge is 2.44. The van der Waals surface area contributed by atoms with Crippen molar-refractivity contribution in [3.05, 3.63) is 83.6 Å². The number of primary amides is 1. The van der Waals surface area contributed by atoms with E-state index in [4.69, 9.17) is 10.5 Å². The molecule has 3 aromatic rings. The van der Waals surface area contributed by atoms with Crippen LogP contribution in [0.1, 0.15) is 33.8 Å². The molecular weight excluding hydrogens is 423 g/mol. The Kier molecular flexibility index (Phi) is 5.56. The lowest BCUT2D eigenvalue weighted by Gasteiger charge is -2.09. The molecule has 1 saturated carbocycles. The van der Waals surface area contributed by atoms with Crippen molar-refractivity contribution in [1.29, 1.82) is 0 Å². The van der Waals surface area contributed by atoms with Crippen molar-refractivity contribution >= 4 is 17.5 Å². The van der Waals surface area contributed by atoms with Crippen molar-refractivity contribution < 1.29 is 27.5 Å². The van der Waals surface area contributed by atoms with Crippen LogP contribution in [0, 0.1) is 5.92 Å². The Balaban J connectivity index is 1.33. The van der Waals surface area contributed by atoms with E-state index in [-0.39, 0.29) is 23.6 Å². The zero-order chi connectivity index (χ0) is 22.9. The normalized spacial score (nSPS) is 17.5. The summed E-state index contributed by atoms with van der Waals surface area (Å²) in [4.78, 5) is 27.8. The van der Waals surface area contributed by atoms with Gasteiger partial charge in [0.1, 0.15) is 5.75 Å². The lowest BCUT2D eigenvalue weighted by molar-refractivity contribution is -0.137. The molecule has 164 valence electrons. The van der Waals surface area contributed by atoms with Gasteiger partial charge in [-0.2, -0.15) is 13.2 Å². The number of halogens is 3. The summed E-state index contributed by atoms with van der Waals surface area (Å²) in [6.45, 7) is 0. The first-order valence-corrected chi connectivity index (χ1v) is 9.72. The highest BCUT2D eigenvalue weighted by atomic mass is 19.4. The fourth-order valence-electron chi connectivity index (χ4n) is 3.36. The van der Waals surface area contributed by atoms with Gasteiger partial charge in [-0.1, -0.05) is 18.2 Å². The van der Waals surface area contributed by atoms with Crippen molar-refractivity contribution in [2.45, 2.75) is 18.5 Å². The average Bonchev–Trinajstić information content (AvgIpc) is 3.56. The van der Waals surface area contributed by atoms with Crippen LogP contribution in [0.25, 0.3) is 0 Å². The van der Waals surface area contributed by atoms with E-state index >= 15 is 0 Å². The van der Waals surface area contributed by atoms with Crippen LogP contribution in [0.4, 0.5) is 18.9 Å². The highest BCUT2D eigenvalue weighted by Crippen LogP contribution is 2.48. The molecule has 32 heavy (non-hydrogen) atoms. The number of amides is 2. The SMILES string of the molecule is NC(=O)c1cccc(Oc2ccc(NC(=O)C3CC3c3ccc(C(F)(F)F)cc3)cn2)c1. The number of carbonyl (C=O) groups excluding carboxylic acids is 2. The number of hydrogen-bond acceptors (Lipinski definition) is 4. The van der Waals surface area contributed by atoms with Gasteiger partial charge in [0.05, 0.1) is 17.4 Å². The van der Waals surface area contributed by atoms with E-state index in [1.165, 1.54) is 24.4 Å². The van der Waals surface area contributed by atoms with E-state index in [1.807, 2.05) is 0 Å². The molecule has 0 radical (unpaired) electrons. The molecule has 1 aromatic heterocycles. The third-order valence-electron chi connectivity index (χ3n) is 5.14. The molecule has 0 spiro atoms. The standard InChI is InChI=1S/C23H18F3N3O3/c24-23(25,26)15-6-4-13(5-7-15)18-11-19(18)22(31)29-16-8-9-20(28-12-16)32-17-3-1-2-14(10-17)21(27)30/h1-10,12,18-19H,11H2,(H2,27,30)(H,29,31). The van der Waals surface area contributed by atoms with Gasteiger partial charge in [-0.25, -0.2) is 4.98 Å². The number of aromatic nitrogens is 1. The van der Waals surface area contributed by atoms with Gasteiger partial charge < -0.3 is 15.8 Å². The van der Waals surface area contributed by atoms with E-state index in [1.54, 1.807) is 30.3 Å². The number of nitrogens with two attached hydrogens (primary N) is 1. The van der Waals surface area contributed by atoms with E-state index in [9.17, 15) is 22.8 Å². The molecular formula is C23H18F3N3O3. The molecule has 0 aliphatic heterocycles. The minimum absolute atomic E-state index is 0.106. The van der Waals surface area contributed by atoms with Crippen LogP contribution in [0.2, 0.25) is 0 Å². The Labute approximate surface area is 181 Å². The molecule has 3 N–H and O–H groups in total. The summed E-state index contributed by atoms with van der Waals surface area (Å²) < 4.78 is 43.6. The van der Waals surface area contributed by atoms with Gasteiger partial charge in [-0.15, -0.1) is 0 Å². The Hall–Kier alpha value is -3.88. The number of nitrogens with one attached hydrogen (secondary N) is 1. The number of carbonyl (C=O) groups is 2. The van der Waals surface area contributed by atoms with Crippen molar-refractivity contribution in [2.24, 2.45) is 11.7 Å². The number of ether oxygens (including phenoxy) is 1. The smallest absolute Gasteiger partial charge is 0.416 e. The first-order chi connectivity index (χ1) is 15.2. The van der Waals surface area contributed by atoms with Gasteiger partial charge >= 0.3 is 6.18 Å². The molecule has 0 saturated heterocycles. The molecule has 2 amide bonds. The highest BCUT2D eigenvalue weighted by molar-refractivity contribution is 5.95. The van der Waals surface area contributed by atoms with Gasteiger partial charge in [0.15, 0.2) is 0 Å². The van der Waals surface area contributed by atoms with Crippen LogP contribution in [0.5, 0.6) is 11.6 Å². The van der Waals surface area contributed by atoms with Gasteiger partial charge in [-0.3, -0.25) is 9.59 Å². The quantitative estimate of drug-likeness (QED) is 0.578. The van der Waals surface area contributed by atoms with E-state index < -0.39 is 17.6 Å². The van der Waals surface area contributed by atoms with Crippen molar-refractivity contribution in [1.82, 2.24) is 4.98 Å². The number of anilines is 1. The van der Waals surface area contributed by atoms with Crippen LogP contribution in [0.3, 0.4) is 0 Å². The summed E-state index contributed by atoms with van der Waals surface area (Å²) in [5.74, 6) is -0.554. The minimum Gasteiger partial charge on any atom is -0.439 e. The lowest BCUT2D eigenvalue weighted by atomic mass is 10.1. The molecule has 9 heteroatoms. The molecule has 2 atom stereocenters. The first kappa shape index (κ1) is 21.4. The molecule has 1 fully saturated rings. The third-order valence-corrected chi connectivity index (χ3v) is 5.14. The molecule has 6 nitrogen and oxygen atoms in total. The molecule has 2 aromatic carbocycles. The molecule has 1 aliphatic rings. The number of rotatable bonds is 6. The van der Waals surface area contributed by atoms with Gasteiger partial charge in [-0.05, 0) is 54.3 Å². The van der Waals surface area contributed by atoms with Crippen LogP contribution >= 0.6 is 0 Å². The first-order valence-electron chi connectivity index (χ1n) is 9.72. The second-order valence-electron chi connectivity index (χ2n) is 7.44. The maximum Gasteiger partial charge on any atom is 0.416 e. The van der Waals surface area contributed by atoms with Crippen LogP contribution in [-0.2, 0) is 11.0 Å². The summed E-state index contributed by atoms with van der Waals surface area (Å²) in [5, 5.41) is 2.76. The zero-order valence-electron chi connectivity index (χ0n) is 16.6. The number of benzene rings is 2. The third kappa shape index (κ3) is 4.88.